The van der Waals surface area contributed by atoms with Gasteiger partial charge in [-0.3, -0.25) is 14.5 Å². The van der Waals surface area contributed by atoms with Crippen molar-refractivity contribution in [3.05, 3.63) is 71.3 Å². The molecule has 2 aromatic carbocycles. The highest BCUT2D eigenvalue weighted by Gasteiger charge is 2.42. The van der Waals surface area contributed by atoms with Crippen LogP contribution in [0, 0.1) is 11.3 Å². The van der Waals surface area contributed by atoms with E-state index >= 15 is 0 Å². The summed E-state index contributed by atoms with van der Waals surface area (Å²) in [4.78, 5) is 26.1. The molecule has 0 spiro atoms. The van der Waals surface area contributed by atoms with E-state index in [4.69, 9.17) is 5.26 Å². The molecule has 5 nitrogen and oxygen atoms in total. The molecule has 3 rings (SSSR count). The molecule has 1 aliphatic rings. The molecule has 2 unspecified atom stereocenters. The van der Waals surface area contributed by atoms with E-state index in [2.05, 4.69) is 0 Å². The van der Waals surface area contributed by atoms with Crippen molar-refractivity contribution in [1.82, 2.24) is 4.90 Å². The van der Waals surface area contributed by atoms with E-state index in [0.717, 1.165) is 10.5 Å². The zero-order valence-electron chi connectivity index (χ0n) is 12.2. The predicted molar refractivity (Wildman–Crippen MR) is 82.5 cm³/mol. The van der Waals surface area contributed by atoms with Crippen LogP contribution in [0.25, 0.3) is 0 Å². The highest BCUT2D eigenvalue weighted by Crippen LogP contribution is 2.27. The fourth-order valence-electron chi connectivity index (χ4n) is 2.79. The Balaban J connectivity index is 1.97. The maximum absolute atomic E-state index is 12.5. The van der Waals surface area contributed by atoms with Crippen LogP contribution in [0.4, 0.5) is 0 Å². The number of carbonyl (C=O) groups excluding carboxylic acids is 2. The molecule has 2 amide bonds. The van der Waals surface area contributed by atoms with Crippen LogP contribution >= 0.6 is 0 Å². The molecule has 1 N–H and O–H groups in total. The molecule has 0 aliphatic carbocycles. The number of hydrogen-bond acceptors (Lipinski definition) is 4. The first-order valence-corrected chi connectivity index (χ1v) is 7.22. The highest BCUT2D eigenvalue weighted by molar-refractivity contribution is 6.21. The van der Waals surface area contributed by atoms with Crippen LogP contribution in [0.5, 0.6) is 0 Å². The van der Waals surface area contributed by atoms with Crippen LogP contribution in [0.3, 0.4) is 0 Å². The quantitative estimate of drug-likeness (QED) is 0.689. The number of carbonyl (C=O) groups is 2. The lowest BCUT2D eigenvalue weighted by Crippen LogP contribution is -2.47. The zero-order chi connectivity index (χ0) is 16.4. The number of hydrogen-bond donors (Lipinski definition) is 1. The van der Waals surface area contributed by atoms with Gasteiger partial charge in [0.1, 0.15) is 0 Å². The van der Waals surface area contributed by atoms with E-state index in [0.29, 0.717) is 11.1 Å². The Labute approximate surface area is 133 Å². The first-order chi connectivity index (χ1) is 11.1. The molecular weight excluding hydrogens is 292 g/mol. The van der Waals surface area contributed by atoms with Crippen molar-refractivity contribution in [2.75, 3.05) is 0 Å². The molecule has 0 radical (unpaired) electrons. The molecule has 2 aromatic rings. The van der Waals surface area contributed by atoms with Gasteiger partial charge in [-0.25, -0.2) is 0 Å². The molecule has 0 fully saturated rings. The van der Waals surface area contributed by atoms with Gasteiger partial charge in [0, 0.05) is 0 Å². The SMILES string of the molecule is N#CC(O)C(Cc1ccccc1)N1C(=O)c2ccccc2C1=O. The molecule has 23 heavy (non-hydrogen) atoms. The summed E-state index contributed by atoms with van der Waals surface area (Å²) in [5.74, 6) is -0.943. The molecule has 0 bridgehead atoms. The van der Waals surface area contributed by atoms with Crippen molar-refractivity contribution >= 4 is 11.8 Å². The lowest BCUT2D eigenvalue weighted by atomic mass is 10.0. The van der Waals surface area contributed by atoms with E-state index < -0.39 is 24.0 Å². The second-order valence-electron chi connectivity index (χ2n) is 5.36. The normalized spacial score (nSPS) is 15.9. The minimum absolute atomic E-state index is 0.223. The summed E-state index contributed by atoms with van der Waals surface area (Å²) < 4.78 is 0. The number of rotatable bonds is 4. The van der Waals surface area contributed by atoms with Crippen molar-refractivity contribution in [2.24, 2.45) is 0 Å². The smallest absolute Gasteiger partial charge is 0.261 e. The van der Waals surface area contributed by atoms with Gasteiger partial charge in [0.2, 0.25) is 0 Å². The fourth-order valence-corrected chi connectivity index (χ4v) is 2.79. The highest BCUT2D eigenvalue weighted by atomic mass is 16.3. The molecular formula is C18H14N2O3. The summed E-state index contributed by atoms with van der Waals surface area (Å²) in [6.07, 6.45) is -1.22. The van der Waals surface area contributed by atoms with Gasteiger partial charge >= 0.3 is 0 Å². The van der Waals surface area contributed by atoms with Crippen LogP contribution in [-0.2, 0) is 6.42 Å². The van der Waals surface area contributed by atoms with Crippen LogP contribution in [0.15, 0.2) is 54.6 Å². The standard InChI is InChI=1S/C18H14N2O3/c19-11-16(21)15(10-12-6-2-1-3-7-12)20-17(22)13-8-4-5-9-14(13)18(20)23/h1-9,15-16,21H,10H2. The first-order valence-electron chi connectivity index (χ1n) is 7.22. The second-order valence-corrected chi connectivity index (χ2v) is 5.36. The Kier molecular flexibility index (Phi) is 3.92. The summed E-state index contributed by atoms with van der Waals surface area (Å²) in [6.45, 7) is 0. The Morgan fingerprint density at radius 1 is 0.957 bits per heavy atom. The Morgan fingerprint density at radius 2 is 1.48 bits per heavy atom. The van der Waals surface area contributed by atoms with E-state index in [1.165, 1.54) is 0 Å². The number of benzene rings is 2. The topological polar surface area (TPSA) is 81.4 Å². The first kappa shape index (κ1) is 14.9. The number of nitrogens with zero attached hydrogens (tertiary/aromatic N) is 2. The van der Waals surface area contributed by atoms with Crippen molar-refractivity contribution in [3.63, 3.8) is 0 Å². The molecule has 5 heteroatoms. The summed E-state index contributed by atoms with van der Waals surface area (Å²) in [6, 6.07) is 16.5. The molecule has 0 saturated carbocycles. The molecule has 1 heterocycles. The average Bonchev–Trinajstić information content (AvgIpc) is 2.85. The summed E-state index contributed by atoms with van der Waals surface area (Å²) in [5, 5.41) is 19.1. The molecule has 2 atom stereocenters. The largest absolute Gasteiger partial charge is 0.376 e. The zero-order valence-corrected chi connectivity index (χ0v) is 12.2. The van der Waals surface area contributed by atoms with Crippen molar-refractivity contribution in [3.8, 4) is 6.07 Å². The number of amides is 2. The Morgan fingerprint density at radius 3 is 2.00 bits per heavy atom. The number of imide groups is 1. The van der Waals surface area contributed by atoms with Gasteiger partial charge in [0.05, 0.1) is 23.2 Å². The Bertz CT molecular complexity index is 760. The lowest BCUT2D eigenvalue weighted by Gasteiger charge is -2.27. The van der Waals surface area contributed by atoms with E-state index in [1.54, 1.807) is 30.3 Å². The fraction of sp³-hybridized carbons (Fsp3) is 0.167. The van der Waals surface area contributed by atoms with Gasteiger partial charge in [-0.1, -0.05) is 42.5 Å². The van der Waals surface area contributed by atoms with Gasteiger partial charge in [-0.15, -0.1) is 0 Å². The van der Waals surface area contributed by atoms with E-state index in [9.17, 15) is 14.7 Å². The van der Waals surface area contributed by atoms with Crippen molar-refractivity contribution in [1.29, 1.82) is 5.26 Å². The van der Waals surface area contributed by atoms with Gasteiger partial charge < -0.3 is 5.11 Å². The number of aliphatic hydroxyl groups excluding tert-OH is 1. The molecule has 0 aromatic heterocycles. The monoisotopic (exact) mass is 306 g/mol. The maximum Gasteiger partial charge on any atom is 0.261 e. The van der Waals surface area contributed by atoms with Crippen molar-refractivity contribution < 1.29 is 14.7 Å². The maximum atomic E-state index is 12.5. The average molecular weight is 306 g/mol. The van der Waals surface area contributed by atoms with Crippen LogP contribution in [0.2, 0.25) is 0 Å². The van der Waals surface area contributed by atoms with E-state index in [1.807, 2.05) is 30.3 Å². The third kappa shape index (κ3) is 2.60. The minimum atomic E-state index is -1.45. The Hall–Kier alpha value is -2.97. The van der Waals surface area contributed by atoms with Crippen LogP contribution in [-0.4, -0.2) is 34.0 Å². The van der Waals surface area contributed by atoms with Crippen LogP contribution in [0.1, 0.15) is 26.3 Å². The summed E-state index contributed by atoms with van der Waals surface area (Å²) >= 11 is 0. The van der Waals surface area contributed by atoms with Gasteiger partial charge in [0.25, 0.3) is 11.8 Å². The summed E-state index contributed by atoms with van der Waals surface area (Å²) in [7, 11) is 0. The minimum Gasteiger partial charge on any atom is -0.376 e. The third-order valence-corrected chi connectivity index (χ3v) is 3.94. The lowest BCUT2D eigenvalue weighted by molar-refractivity contribution is 0.0442. The van der Waals surface area contributed by atoms with Gasteiger partial charge in [-0.2, -0.15) is 5.26 Å². The predicted octanol–water partition coefficient (Wildman–Crippen LogP) is 1.78. The summed E-state index contributed by atoms with van der Waals surface area (Å²) in [5.41, 5.74) is 1.45. The van der Waals surface area contributed by atoms with Gasteiger partial charge in [0.15, 0.2) is 6.10 Å². The number of nitriles is 1. The van der Waals surface area contributed by atoms with E-state index in [-0.39, 0.29) is 6.42 Å². The molecule has 1 aliphatic heterocycles. The number of aliphatic hydroxyl groups is 1. The third-order valence-electron chi connectivity index (χ3n) is 3.94. The number of fused-ring (bicyclic) bond motifs is 1. The van der Waals surface area contributed by atoms with Crippen molar-refractivity contribution in [2.45, 2.75) is 18.6 Å². The molecule has 114 valence electrons. The van der Waals surface area contributed by atoms with Crippen LogP contribution < -0.4 is 0 Å². The molecule has 0 saturated heterocycles. The van der Waals surface area contributed by atoms with Gasteiger partial charge in [-0.05, 0) is 24.1 Å². The second kappa shape index (κ2) is 6.03.